The lowest BCUT2D eigenvalue weighted by Gasteiger charge is -2.36. The van der Waals surface area contributed by atoms with Crippen molar-refractivity contribution < 1.29 is 23.0 Å². The van der Waals surface area contributed by atoms with Crippen molar-refractivity contribution in [3.05, 3.63) is 52.6 Å². The molecule has 0 atom stereocenters. The van der Waals surface area contributed by atoms with Crippen LogP contribution in [0.25, 0.3) is 10.9 Å². The Morgan fingerprint density at radius 2 is 1.89 bits per heavy atom. The minimum Gasteiger partial charge on any atom is -0.395 e. The maximum absolute atomic E-state index is 13.3. The van der Waals surface area contributed by atoms with E-state index in [4.69, 9.17) is 0 Å². The van der Waals surface area contributed by atoms with Gasteiger partial charge >= 0.3 is 6.29 Å². The van der Waals surface area contributed by atoms with Gasteiger partial charge in [0.1, 0.15) is 11.3 Å². The molecule has 0 saturated carbocycles. The lowest BCUT2D eigenvalue weighted by molar-refractivity contribution is -0.286. The van der Waals surface area contributed by atoms with Crippen LogP contribution in [0.15, 0.2) is 41.2 Å². The van der Waals surface area contributed by atoms with Crippen molar-refractivity contribution in [3.63, 3.8) is 0 Å². The number of unbranched alkanes of at least 4 members (excludes halogenated alkanes) is 1. The van der Waals surface area contributed by atoms with Gasteiger partial charge in [-0.05, 0) is 44.0 Å². The summed E-state index contributed by atoms with van der Waals surface area (Å²) in [7, 11) is 0. The molecule has 2 aliphatic rings. The van der Waals surface area contributed by atoms with Crippen LogP contribution in [-0.4, -0.2) is 59.8 Å². The molecule has 3 aromatic rings. The van der Waals surface area contributed by atoms with E-state index in [1.165, 1.54) is 6.07 Å². The van der Waals surface area contributed by atoms with Crippen molar-refractivity contribution in [1.82, 2.24) is 14.9 Å². The van der Waals surface area contributed by atoms with Crippen molar-refractivity contribution in [2.24, 2.45) is 0 Å². The van der Waals surface area contributed by atoms with Gasteiger partial charge in [0.05, 0.1) is 11.1 Å². The molecule has 0 radical (unpaired) electrons. The summed E-state index contributed by atoms with van der Waals surface area (Å²) in [5.41, 5.74) is 2.04. The van der Waals surface area contributed by atoms with Gasteiger partial charge in [0.25, 0.3) is 5.56 Å². The number of amides is 1. The molecular formula is C25H27F2N5O4. The van der Waals surface area contributed by atoms with E-state index in [-0.39, 0.29) is 23.0 Å². The smallest absolute Gasteiger partial charge is 0.395 e. The van der Waals surface area contributed by atoms with Crippen molar-refractivity contribution in [1.29, 1.82) is 0 Å². The molecule has 0 bridgehead atoms. The molecule has 9 nitrogen and oxygen atoms in total. The first-order valence-corrected chi connectivity index (χ1v) is 12.0. The predicted octanol–water partition coefficient (Wildman–Crippen LogP) is 3.48. The number of aryl methyl sites for hydroxylation is 1. The highest BCUT2D eigenvalue weighted by atomic mass is 19.3. The van der Waals surface area contributed by atoms with E-state index >= 15 is 0 Å². The van der Waals surface area contributed by atoms with Crippen LogP contribution in [0.5, 0.6) is 11.5 Å². The minimum absolute atomic E-state index is 0.0193. The lowest BCUT2D eigenvalue weighted by atomic mass is 10.1. The number of fused-ring (bicyclic) bond motifs is 2. The fraction of sp³-hybridized carbons (Fsp3) is 0.400. The van der Waals surface area contributed by atoms with E-state index in [1.807, 2.05) is 21.9 Å². The number of aromatic nitrogens is 2. The van der Waals surface area contributed by atoms with Crippen molar-refractivity contribution in [2.45, 2.75) is 32.5 Å². The Balaban J connectivity index is 1.06. The van der Waals surface area contributed by atoms with E-state index in [9.17, 15) is 18.4 Å². The number of halogens is 2. The number of H-pyrrole nitrogens is 1. The van der Waals surface area contributed by atoms with Gasteiger partial charge in [0, 0.05) is 50.9 Å². The molecule has 1 amide bonds. The second-order valence-corrected chi connectivity index (χ2v) is 8.90. The maximum atomic E-state index is 13.3. The minimum atomic E-state index is -3.63. The number of hydrogen-bond acceptors (Lipinski definition) is 7. The van der Waals surface area contributed by atoms with Gasteiger partial charge in [-0.1, -0.05) is 6.07 Å². The largest absolute Gasteiger partial charge is 0.586 e. The molecule has 0 aliphatic carbocycles. The van der Waals surface area contributed by atoms with E-state index < -0.39 is 6.29 Å². The van der Waals surface area contributed by atoms with Crippen LogP contribution < -0.4 is 25.2 Å². The zero-order valence-corrected chi connectivity index (χ0v) is 19.9. The second kappa shape index (κ2) is 9.63. The van der Waals surface area contributed by atoms with E-state index in [0.717, 1.165) is 24.2 Å². The Morgan fingerprint density at radius 1 is 1.11 bits per heavy atom. The summed E-state index contributed by atoms with van der Waals surface area (Å²) in [6.07, 6.45) is -1.65. The maximum Gasteiger partial charge on any atom is 0.586 e. The van der Waals surface area contributed by atoms with Crippen molar-refractivity contribution in [2.75, 3.05) is 42.9 Å². The zero-order chi connectivity index (χ0) is 25.3. The molecule has 190 valence electrons. The molecule has 1 fully saturated rings. The first-order chi connectivity index (χ1) is 17.3. The number of carbonyl (C=O) groups is 1. The summed E-state index contributed by atoms with van der Waals surface area (Å²) in [5, 5.41) is 3.87. The molecule has 0 spiro atoms. The summed E-state index contributed by atoms with van der Waals surface area (Å²) < 4.78 is 35.5. The second-order valence-electron chi connectivity index (χ2n) is 8.90. The number of anilines is 2. The number of rotatable bonds is 7. The molecule has 5 rings (SSSR count). The van der Waals surface area contributed by atoms with E-state index in [2.05, 4.69) is 24.8 Å². The van der Waals surface area contributed by atoms with Gasteiger partial charge in [-0.15, -0.1) is 8.78 Å². The number of alkyl halides is 2. The van der Waals surface area contributed by atoms with Crippen LogP contribution in [0.4, 0.5) is 20.2 Å². The first kappa shape index (κ1) is 23.8. The number of carbonyl (C=O) groups excluding carboxylic acids is 1. The Hall–Kier alpha value is -3.89. The third kappa shape index (κ3) is 5.05. The zero-order valence-electron chi connectivity index (χ0n) is 19.9. The number of ether oxygens (including phenoxy) is 2. The van der Waals surface area contributed by atoms with Gasteiger partial charge in [-0.3, -0.25) is 9.59 Å². The highest BCUT2D eigenvalue weighted by molar-refractivity contribution is 5.89. The first-order valence-electron chi connectivity index (χ1n) is 12.0. The molecule has 3 heterocycles. The third-order valence-electron chi connectivity index (χ3n) is 6.37. The molecule has 11 heteroatoms. The summed E-state index contributed by atoms with van der Waals surface area (Å²) >= 11 is 0. The number of piperazine rings is 1. The Kier molecular flexibility index (Phi) is 6.38. The standard InChI is InChI=1S/C25H27F2N5O4/c1-16-29-23-18(24(34)30-16)5-4-6-19(23)28-10-3-2-7-22(33)32-13-11-31(12-14-32)17-8-9-20-21(15-17)36-25(26,27)35-20/h4-6,8-9,15,28H,2-3,7,10-14H2,1H3,(H,29,30,34). The Morgan fingerprint density at radius 3 is 2.69 bits per heavy atom. The van der Waals surface area contributed by atoms with Gasteiger partial charge in [-0.25, -0.2) is 4.98 Å². The highest BCUT2D eigenvalue weighted by Gasteiger charge is 2.43. The molecule has 0 unspecified atom stereocenters. The number of hydrogen-bond donors (Lipinski definition) is 2. The van der Waals surface area contributed by atoms with Gasteiger partial charge < -0.3 is 29.6 Å². The normalized spacial score (nSPS) is 16.4. The van der Waals surface area contributed by atoms with Crippen LogP contribution in [0.1, 0.15) is 25.1 Å². The fourth-order valence-electron chi connectivity index (χ4n) is 4.55. The number of nitrogens with zero attached hydrogens (tertiary/aromatic N) is 3. The number of benzene rings is 2. The van der Waals surface area contributed by atoms with Crippen LogP contribution in [0, 0.1) is 6.92 Å². The molecule has 2 N–H and O–H groups in total. The van der Waals surface area contributed by atoms with Crippen molar-refractivity contribution >= 4 is 28.2 Å². The monoisotopic (exact) mass is 499 g/mol. The summed E-state index contributed by atoms with van der Waals surface area (Å²) in [4.78, 5) is 35.8. The van der Waals surface area contributed by atoms with E-state index in [0.29, 0.717) is 55.9 Å². The fourth-order valence-corrected chi connectivity index (χ4v) is 4.55. The van der Waals surface area contributed by atoms with Crippen LogP contribution in [0.2, 0.25) is 0 Å². The quantitative estimate of drug-likeness (QED) is 0.480. The average molecular weight is 500 g/mol. The van der Waals surface area contributed by atoms with Gasteiger partial charge in [0.15, 0.2) is 11.5 Å². The topological polar surface area (TPSA) is 99.8 Å². The van der Waals surface area contributed by atoms with Crippen LogP contribution >= 0.6 is 0 Å². The summed E-state index contributed by atoms with van der Waals surface area (Å²) in [5.74, 6) is 0.708. The van der Waals surface area contributed by atoms with Crippen LogP contribution in [0.3, 0.4) is 0 Å². The number of aromatic amines is 1. The number of nitrogens with one attached hydrogen (secondary N) is 2. The SMILES string of the molecule is Cc1nc2c(NCCCCC(=O)N3CCN(c4ccc5c(c4)OC(F)(F)O5)CC3)cccc2c(=O)[nH]1. The van der Waals surface area contributed by atoms with Gasteiger partial charge in [0.2, 0.25) is 5.91 Å². The molecule has 36 heavy (non-hydrogen) atoms. The van der Waals surface area contributed by atoms with Crippen LogP contribution in [-0.2, 0) is 4.79 Å². The molecule has 1 saturated heterocycles. The third-order valence-corrected chi connectivity index (χ3v) is 6.37. The summed E-state index contributed by atoms with van der Waals surface area (Å²) in [6.45, 7) is 4.76. The highest BCUT2D eigenvalue weighted by Crippen LogP contribution is 2.42. The predicted molar refractivity (Wildman–Crippen MR) is 131 cm³/mol. The summed E-state index contributed by atoms with van der Waals surface area (Å²) in [6, 6.07) is 10.2. The Labute approximate surface area is 206 Å². The molecule has 2 aliphatic heterocycles. The van der Waals surface area contributed by atoms with Gasteiger partial charge in [-0.2, -0.15) is 0 Å². The Bertz CT molecular complexity index is 1340. The van der Waals surface area contributed by atoms with Crippen molar-refractivity contribution in [3.8, 4) is 11.5 Å². The molecular weight excluding hydrogens is 472 g/mol. The number of para-hydroxylation sites is 1. The average Bonchev–Trinajstić information content (AvgIpc) is 3.17. The van der Waals surface area contributed by atoms with E-state index in [1.54, 1.807) is 25.1 Å². The molecule has 1 aromatic heterocycles. The lowest BCUT2D eigenvalue weighted by Crippen LogP contribution is -2.48. The molecule has 2 aromatic carbocycles.